The first-order valence-electron chi connectivity index (χ1n) is 10.8. The number of aliphatic hydroxyl groups excluding tert-OH is 1. The second-order valence-electron chi connectivity index (χ2n) is 7.72. The molecule has 1 atom stereocenters. The number of carbonyl (C=O) groups is 1. The number of carboxylic acid groups (broad SMARTS) is 1. The maximum Gasteiger partial charge on any atom is 0.307 e. The van der Waals surface area contributed by atoms with E-state index in [2.05, 4.69) is 5.32 Å². The van der Waals surface area contributed by atoms with Gasteiger partial charge in [-0.25, -0.2) is 0 Å². The number of aliphatic hydroxyl groups is 1. The molecule has 0 bridgehead atoms. The molecule has 0 aliphatic carbocycles. The minimum Gasteiger partial charge on any atom is -0.489 e. The van der Waals surface area contributed by atoms with Crippen molar-refractivity contribution < 1.29 is 24.5 Å². The molecule has 3 rings (SSSR count). The third-order valence-corrected chi connectivity index (χ3v) is 5.18. The average Bonchev–Trinajstić information content (AvgIpc) is 2.83. The molecule has 3 aromatic rings. The van der Waals surface area contributed by atoms with E-state index in [1.54, 1.807) is 25.3 Å². The van der Waals surface area contributed by atoms with Crippen LogP contribution < -0.4 is 15.8 Å². The summed E-state index contributed by atoms with van der Waals surface area (Å²) in [6.07, 6.45) is -0.0993. The number of benzene rings is 3. The van der Waals surface area contributed by atoms with Crippen molar-refractivity contribution in [3.05, 3.63) is 83.4 Å². The lowest BCUT2D eigenvalue weighted by Crippen LogP contribution is -2.14. The van der Waals surface area contributed by atoms with Gasteiger partial charge in [-0.1, -0.05) is 36.4 Å². The molecule has 174 valence electrons. The number of hydrogen-bond acceptors (Lipinski definition) is 6. The van der Waals surface area contributed by atoms with Gasteiger partial charge in [0.15, 0.2) is 0 Å². The van der Waals surface area contributed by atoms with Crippen molar-refractivity contribution in [2.75, 3.05) is 32.2 Å². The van der Waals surface area contributed by atoms with Crippen molar-refractivity contribution in [1.29, 1.82) is 0 Å². The summed E-state index contributed by atoms with van der Waals surface area (Å²) in [6, 6.07) is 20.6. The molecule has 0 aromatic heterocycles. The van der Waals surface area contributed by atoms with Gasteiger partial charge in [-0.05, 0) is 52.6 Å². The van der Waals surface area contributed by atoms with Crippen LogP contribution in [0.15, 0.2) is 66.7 Å². The Morgan fingerprint density at radius 1 is 1.06 bits per heavy atom. The van der Waals surface area contributed by atoms with Gasteiger partial charge < -0.3 is 30.7 Å². The molecule has 0 aliphatic rings. The largest absolute Gasteiger partial charge is 0.489 e. The average molecular weight is 451 g/mol. The molecule has 0 saturated heterocycles. The van der Waals surface area contributed by atoms with Gasteiger partial charge >= 0.3 is 5.97 Å². The Morgan fingerprint density at radius 3 is 2.64 bits per heavy atom. The van der Waals surface area contributed by atoms with Crippen LogP contribution in [-0.2, 0) is 22.6 Å². The van der Waals surface area contributed by atoms with Crippen molar-refractivity contribution in [2.45, 2.75) is 19.1 Å². The van der Waals surface area contributed by atoms with Gasteiger partial charge in [0.25, 0.3) is 0 Å². The fraction of sp³-hybridized carbons (Fsp3) is 0.269. The Morgan fingerprint density at radius 2 is 1.88 bits per heavy atom. The Hall–Kier alpha value is -3.39. The predicted molar refractivity (Wildman–Crippen MR) is 128 cm³/mol. The minimum atomic E-state index is -0.904. The first-order chi connectivity index (χ1) is 16.0. The molecule has 33 heavy (non-hydrogen) atoms. The molecule has 0 radical (unpaired) electrons. The number of para-hydroxylation sites is 1. The van der Waals surface area contributed by atoms with E-state index >= 15 is 0 Å². The predicted octanol–water partition coefficient (Wildman–Crippen LogP) is 3.61. The van der Waals surface area contributed by atoms with Gasteiger partial charge in [-0.2, -0.15) is 0 Å². The number of nitrogens with one attached hydrogen (secondary N) is 1. The van der Waals surface area contributed by atoms with Crippen LogP contribution in [0.1, 0.15) is 22.7 Å². The first kappa shape index (κ1) is 24.3. The summed E-state index contributed by atoms with van der Waals surface area (Å²) in [5.74, 6) is -0.353. The van der Waals surface area contributed by atoms with Crippen LogP contribution in [0.25, 0.3) is 11.1 Å². The molecule has 0 heterocycles. The Balaban J connectivity index is 1.89. The zero-order valence-electron chi connectivity index (χ0n) is 18.7. The SMILES string of the molecule is COCCNc1cc(COc2ccccc2CC(=O)O)cc(-c2cccc(C(N)CO)c2)c1. The lowest BCUT2D eigenvalue weighted by molar-refractivity contribution is -0.136. The van der Waals surface area contributed by atoms with E-state index in [0.717, 1.165) is 27.9 Å². The highest BCUT2D eigenvalue weighted by molar-refractivity contribution is 5.71. The molecule has 0 saturated carbocycles. The fourth-order valence-electron chi connectivity index (χ4n) is 3.51. The van der Waals surface area contributed by atoms with Gasteiger partial charge in [0, 0.05) is 24.9 Å². The van der Waals surface area contributed by atoms with Crippen LogP contribution >= 0.6 is 0 Å². The van der Waals surface area contributed by atoms with E-state index in [0.29, 0.717) is 24.5 Å². The highest BCUT2D eigenvalue weighted by Crippen LogP contribution is 2.28. The third kappa shape index (κ3) is 7.05. The van der Waals surface area contributed by atoms with Crippen molar-refractivity contribution in [2.24, 2.45) is 5.73 Å². The van der Waals surface area contributed by atoms with Crippen LogP contribution in [0.2, 0.25) is 0 Å². The smallest absolute Gasteiger partial charge is 0.307 e. The van der Waals surface area contributed by atoms with E-state index in [1.807, 2.05) is 48.5 Å². The maximum atomic E-state index is 11.2. The number of rotatable bonds is 12. The van der Waals surface area contributed by atoms with Gasteiger partial charge in [0.05, 0.1) is 25.7 Å². The van der Waals surface area contributed by atoms with Crippen LogP contribution in [0.3, 0.4) is 0 Å². The number of hydrogen-bond donors (Lipinski definition) is 4. The summed E-state index contributed by atoms with van der Waals surface area (Å²) in [7, 11) is 1.65. The fourth-order valence-corrected chi connectivity index (χ4v) is 3.51. The molecule has 0 fully saturated rings. The van der Waals surface area contributed by atoms with E-state index in [-0.39, 0.29) is 19.6 Å². The van der Waals surface area contributed by atoms with Gasteiger partial charge in [0.1, 0.15) is 12.4 Å². The summed E-state index contributed by atoms with van der Waals surface area (Å²) in [5.41, 5.74) is 11.3. The molecule has 7 heteroatoms. The van der Waals surface area contributed by atoms with Gasteiger partial charge in [0.2, 0.25) is 0 Å². The van der Waals surface area contributed by atoms with Crippen LogP contribution in [-0.4, -0.2) is 43.1 Å². The number of ether oxygens (including phenoxy) is 2. The quantitative estimate of drug-likeness (QED) is 0.312. The molecular weight excluding hydrogens is 420 g/mol. The van der Waals surface area contributed by atoms with Crippen LogP contribution in [0.5, 0.6) is 5.75 Å². The Kier molecular flexibility index (Phi) is 8.83. The second kappa shape index (κ2) is 12.0. The Labute approximate surface area is 193 Å². The number of carboxylic acids is 1. The van der Waals surface area contributed by atoms with E-state index in [9.17, 15) is 9.90 Å². The van der Waals surface area contributed by atoms with E-state index < -0.39 is 12.0 Å². The summed E-state index contributed by atoms with van der Waals surface area (Å²) < 4.78 is 11.1. The molecule has 0 aliphatic heterocycles. The molecule has 0 spiro atoms. The first-order valence-corrected chi connectivity index (χ1v) is 10.8. The molecular formula is C26H30N2O5. The summed E-state index contributed by atoms with van der Waals surface area (Å²) in [6.45, 7) is 1.37. The molecule has 7 nitrogen and oxygen atoms in total. The summed E-state index contributed by atoms with van der Waals surface area (Å²) >= 11 is 0. The molecule has 5 N–H and O–H groups in total. The summed E-state index contributed by atoms with van der Waals surface area (Å²) in [4.78, 5) is 11.2. The van der Waals surface area contributed by atoms with Gasteiger partial charge in [-0.3, -0.25) is 4.79 Å². The molecule has 3 aromatic carbocycles. The minimum absolute atomic E-state index is 0.0993. The van der Waals surface area contributed by atoms with Crippen LogP contribution in [0.4, 0.5) is 5.69 Å². The number of aliphatic carboxylic acids is 1. The highest BCUT2D eigenvalue weighted by Gasteiger charge is 2.11. The maximum absolute atomic E-state index is 11.2. The number of methoxy groups -OCH3 is 1. The number of nitrogens with two attached hydrogens (primary N) is 1. The van der Waals surface area contributed by atoms with Crippen LogP contribution in [0, 0.1) is 0 Å². The topological polar surface area (TPSA) is 114 Å². The van der Waals surface area contributed by atoms with E-state index in [4.69, 9.17) is 20.3 Å². The monoisotopic (exact) mass is 450 g/mol. The van der Waals surface area contributed by atoms with Crippen molar-refractivity contribution in [3.63, 3.8) is 0 Å². The zero-order valence-corrected chi connectivity index (χ0v) is 18.7. The lowest BCUT2D eigenvalue weighted by atomic mass is 9.98. The van der Waals surface area contributed by atoms with Crippen molar-refractivity contribution in [3.8, 4) is 16.9 Å². The lowest BCUT2D eigenvalue weighted by Gasteiger charge is -2.15. The standard InChI is InChI=1S/C26H30N2O5/c1-32-10-9-28-23-12-18(17-33-25-8-3-2-5-21(25)15-26(30)31)11-22(14-23)19-6-4-7-20(13-19)24(27)16-29/h2-8,11-14,24,28-29H,9-10,15-17,27H2,1H3,(H,30,31). The Bertz CT molecular complexity index is 1070. The van der Waals surface area contributed by atoms with E-state index in [1.165, 1.54) is 0 Å². The third-order valence-electron chi connectivity index (χ3n) is 5.18. The van der Waals surface area contributed by atoms with Crippen molar-refractivity contribution >= 4 is 11.7 Å². The zero-order chi connectivity index (χ0) is 23.6. The van der Waals surface area contributed by atoms with Gasteiger partial charge in [-0.15, -0.1) is 0 Å². The molecule has 0 amide bonds. The number of anilines is 1. The normalized spacial score (nSPS) is 11.7. The highest BCUT2D eigenvalue weighted by atomic mass is 16.5. The van der Waals surface area contributed by atoms with Crippen molar-refractivity contribution in [1.82, 2.24) is 0 Å². The molecule has 1 unspecified atom stereocenters. The second-order valence-corrected chi connectivity index (χ2v) is 7.72. The summed E-state index contributed by atoms with van der Waals surface area (Å²) in [5, 5.41) is 21.9.